The Morgan fingerprint density at radius 2 is 1.95 bits per heavy atom. The summed E-state index contributed by atoms with van der Waals surface area (Å²) in [6.45, 7) is 0. The van der Waals surface area contributed by atoms with Crippen molar-refractivity contribution in [2.24, 2.45) is 5.84 Å². The van der Waals surface area contributed by atoms with Crippen LogP contribution in [0.3, 0.4) is 0 Å². The van der Waals surface area contributed by atoms with Gasteiger partial charge in [-0.15, -0.1) is 0 Å². The van der Waals surface area contributed by atoms with Crippen molar-refractivity contribution in [3.63, 3.8) is 0 Å². The molecule has 2 aromatic rings. The van der Waals surface area contributed by atoms with Gasteiger partial charge in [0.25, 0.3) is 0 Å². The summed E-state index contributed by atoms with van der Waals surface area (Å²) in [5.74, 6) is 5.67. The number of nitrogens with one attached hydrogen (secondary N) is 1. The summed E-state index contributed by atoms with van der Waals surface area (Å²) in [5.41, 5.74) is 6.40. The van der Waals surface area contributed by atoms with E-state index < -0.39 is 0 Å². The Morgan fingerprint density at radius 3 is 2.47 bits per heavy atom. The highest BCUT2D eigenvalue weighted by molar-refractivity contribution is 5.46. The van der Waals surface area contributed by atoms with E-state index >= 15 is 0 Å². The van der Waals surface area contributed by atoms with E-state index in [2.05, 4.69) is 45.6 Å². The highest BCUT2D eigenvalue weighted by Crippen LogP contribution is 2.20. The minimum atomic E-state index is 0.0976. The fourth-order valence-electron chi connectivity index (χ4n) is 2.03. The molecule has 0 saturated carbocycles. The molecule has 0 bridgehead atoms. The molecule has 1 unspecified atom stereocenters. The van der Waals surface area contributed by atoms with Crippen LogP contribution < -0.4 is 16.2 Å². The number of hydrogen-bond acceptors (Lipinski definition) is 4. The van der Waals surface area contributed by atoms with Crippen molar-refractivity contribution >= 4 is 5.69 Å². The molecule has 100 valence electrons. The van der Waals surface area contributed by atoms with Crippen molar-refractivity contribution in [2.75, 3.05) is 19.0 Å². The highest BCUT2D eigenvalue weighted by Gasteiger charge is 2.10. The molecule has 0 aliphatic rings. The van der Waals surface area contributed by atoms with Crippen molar-refractivity contribution in [3.05, 3.63) is 59.9 Å². The van der Waals surface area contributed by atoms with E-state index in [9.17, 15) is 0 Å². The summed E-state index contributed by atoms with van der Waals surface area (Å²) < 4.78 is 0. The molecule has 4 nitrogen and oxygen atoms in total. The van der Waals surface area contributed by atoms with E-state index in [4.69, 9.17) is 5.84 Å². The lowest BCUT2D eigenvalue weighted by molar-refractivity contribution is 0.551. The third-order valence-corrected chi connectivity index (χ3v) is 3.18. The van der Waals surface area contributed by atoms with Gasteiger partial charge in [-0.25, -0.2) is 0 Å². The summed E-state index contributed by atoms with van der Waals surface area (Å²) in [7, 11) is 4.06. The van der Waals surface area contributed by atoms with Gasteiger partial charge in [-0.05, 0) is 35.7 Å². The van der Waals surface area contributed by atoms with Crippen LogP contribution in [0.1, 0.15) is 17.2 Å². The molecule has 1 aromatic carbocycles. The van der Waals surface area contributed by atoms with Gasteiger partial charge in [0.1, 0.15) is 0 Å². The predicted molar refractivity (Wildman–Crippen MR) is 78.8 cm³/mol. The number of nitrogens with two attached hydrogens (primary N) is 1. The summed E-state index contributed by atoms with van der Waals surface area (Å²) in [6.07, 6.45) is 4.48. The third-order valence-electron chi connectivity index (χ3n) is 3.18. The number of benzene rings is 1. The Morgan fingerprint density at radius 1 is 1.21 bits per heavy atom. The van der Waals surface area contributed by atoms with Gasteiger partial charge in [0.05, 0.1) is 6.04 Å². The molecule has 4 heteroatoms. The third kappa shape index (κ3) is 3.53. The maximum Gasteiger partial charge on any atom is 0.0500 e. The fourth-order valence-corrected chi connectivity index (χ4v) is 2.03. The molecule has 2 rings (SSSR count). The number of aromatic nitrogens is 1. The molecule has 0 radical (unpaired) electrons. The quantitative estimate of drug-likeness (QED) is 0.633. The van der Waals surface area contributed by atoms with Crippen LogP contribution in [0.4, 0.5) is 5.69 Å². The molecule has 0 spiro atoms. The van der Waals surface area contributed by atoms with Crippen molar-refractivity contribution in [2.45, 2.75) is 12.5 Å². The lowest BCUT2D eigenvalue weighted by atomic mass is 10.00. The topological polar surface area (TPSA) is 54.2 Å². The van der Waals surface area contributed by atoms with Crippen LogP contribution in [0.15, 0.2) is 48.8 Å². The first-order valence-corrected chi connectivity index (χ1v) is 6.33. The van der Waals surface area contributed by atoms with E-state index in [1.54, 1.807) is 6.20 Å². The van der Waals surface area contributed by atoms with E-state index in [0.717, 1.165) is 6.42 Å². The number of anilines is 1. The number of rotatable bonds is 5. The molecule has 0 saturated heterocycles. The van der Waals surface area contributed by atoms with Gasteiger partial charge in [0.15, 0.2) is 0 Å². The van der Waals surface area contributed by atoms with Crippen molar-refractivity contribution in [1.29, 1.82) is 0 Å². The summed E-state index contributed by atoms with van der Waals surface area (Å²) in [5, 5.41) is 0. The SMILES string of the molecule is CN(C)c1ccc(C(Cc2cccnc2)NN)cc1. The van der Waals surface area contributed by atoms with E-state index in [0.29, 0.717) is 0 Å². The van der Waals surface area contributed by atoms with Crippen LogP contribution in [0.25, 0.3) is 0 Å². The number of hydrogen-bond donors (Lipinski definition) is 2. The number of nitrogens with zero attached hydrogens (tertiary/aromatic N) is 2. The normalized spacial score (nSPS) is 12.2. The zero-order valence-corrected chi connectivity index (χ0v) is 11.4. The molecular weight excluding hydrogens is 236 g/mol. The summed E-state index contributed by atoms with van der Waals surface area (Å²) >= 11 is 0. The van der Waals surface area contributed by atoms with Gasteiger partial charge in [0.2, 0.25) is 0 Å². The van der Waals surface area contributed by atoms with Crippen LogP contribution in [-0.2, 0) is 6.42 Å². The molecule has 0 fully saturated rings. The molecule has 1 heterocycles. The number of pyridine rings is 1. The predicted octanol–water partition coefficient (Wildman–Crippen LogP) is 1.89. The van der Waals surface area contributed by atoms with Gasteiger partial charge in [-0.2, -0.15) is 0 Å². The van der Waals surface area contributed by atoms with E-state index in [1.165, 1.54) is 16.8 Å². The van der Waals surface area contributed by atoms with Crippen molar-refractivity contribution in [1.82, 2.24) is 10.4 Å². The smallest absolute Gasteiger partial charge is 0.0500 e. The molecule has 0 amide bonds. The molecule has 0 aliphatic heterocycles. The Hall–Kier alpha value is -1.91. The average molecular weight is 256 g/mol. The average Bonchev–Trinajstić information content (AvgIpc) is 2.46. The van der Waals surface area contributed by atoms with Crippen LogP contribution in [0.5, 0.6) is 0 Å². The molecule has 19 heavy (non-hydrogen) atoms. The van der Waals surface area contributed by atoms with Gasteiger partial charge in [-0.3, -0.25) is 16.3 Å². The lowest BCUT2D eigenvalue weighted by Gasteiger charge is -2.18. The minimum Gasteiger partial charge on any atom is -0.378 e. The second-order valence-corrected chi connectivity index (χ2v) is 4.77. The summed E-state index contributed by atoms with van der Waals surface area (Å²) in [6, 6.07) is 12.5. The zero-order chi connectivity index (χ0) is 13.7. The Labute approximate surface area is 114 Å². The largest absolute Gasteiger partial charge is 0.378 e. The maximum absolute atomic E-state index is 5.67. The molecule has 3 N–H and O–H groups in total. The Balaban J connectivity index is 2.13. The number of hydrazine groups is 1. The van der Waals surface area contributed by atoms with E-state index in [1.807, 2.05) is 26.4 Å². The first-order valence-electron chi connectivity index (χ1n) is 6.33. The molecule has 1 atom stereocenters. The van der Waals surface area contributed by atoms with Gasteiger partial charge >= 0.3 is 0 Å². The molecular formula is C15H20N4. The van der Waals surface area contributed by atoms with Crippen LogP contribution in [0.2, 0.25) is 0 Å². The van der Waals surface area contributed by atoms with E-state index in [-0.39, 0.29) is 6.04 Å². The maximum atomic E-state index is 5.67. The zero-order valence-electron chi connectivity index (χ0n) is 11.4. The lowest BCUT2D eigenvalue weighted by Crippen LogP contribution is -2.29. The van der Waals surface area contributed by atoms with Crippen molar-refractivity contribution in [3.8, 4) is 0 Å². The highest BCUT2D eigenvalue weighted by atomic mass is 15.2. The minimum absolute atomic E-state index is 0.0976. The standard InChI is InChI=1S/C15H20N4/c1-19(2)14-7-5-13(6-8-14)15(18-16)10-12-4-3-9-17-11-12/h3-9,11,15,18H,10,16H2,1-2H3. The summed E-state index contributed by atoms with van der Waals surface area (Å²) in [4.78, 5) is 6.21. The van der Waals surface area contributed by atoms with Gasteiger partial charge < -0.3 is 4.90 Å². The first kappa shape index (κ1) is 13.5. The Kier molecular flexibility index (Phi) is 4.49. The van der Waals surface area contributed by atoms with Gasteiger partial charge in [0, 0.05) is 32.2 Å². The van der Waals surface area contributed by atoms with Crippen molar-refractivity contribution < 1.29 is 0 Å². The molecule has 0 aliphatic carbocycles. The molecule has 1 aromatic heterocycles. The van der Waals surface area contributed by atoms with Gasteiger partial charge in [-0.1, -0.05) is 18.2 Å². The second-order valence-electron chi connectivity index (χ2n) is 4.77. The van der Waals surface area contributed by atoms with Crippen LogP contribution in [-0.4, -0.2) is 19.1 Å². The second kappa shape index (κ2) is 6.31. The monoisotopic (exact) mass is 256 g/mol. The van der Waals surface area contributed by atoms with Crippen LogP contribution >= 0.6 is 0 Å². The first-order chi connectivity index (χ1) is 9.20. The fraction of sp³-hybridized carbons (Fsp3) is 0.267. The Bertz CT molecular complexity index is 493. The van der Waals surface area contributed by atoms with Crippen LogP contribution in [0, 0.1) is 0 Å².